The number of ether oxygens (including phenoxy) is 1. The molecule has 0 aliphatic rings. The van der Waals surface area contributed by atoms with Crippen LogP contribution in [0.15, 0.2) is 30.0 Å². The van der Waals surface area contributed by atoms with E-state index in [4.69, 9.17) is 4.74 Å². The highest BCUT2D eigenvalue weighted by Crippen LogP contribution is 2.20. The van der Waals surface area contributed by atoms with Gasteiger partial charge in [0.05, 0.1) is 30.6 Å². The van der Waals surface area contributed by atoms with Gasteiger partial charge in [-0.2, -0.15) is 0 Å². The molecule has 2 heterocycles. The molecular formula is C10H8N2O2S. The third-order valence-electron chi connectivity index (χ3n) is 1.94. The Morgan fingerprint density at radius 3 is 3.00 bits per heavy atom. The van der Waals surface area contributed by atoms with Gasteiger partial charge in [0.2, 0.25) is 0 Å². The molecule has 2 rings (SSSR count). The van der Waals surface area contributed by atoms with Crippen molar-refractivity contribution in [1.29, 1.82) is 0 Å². The van der Waals surface area contributed by atoms with Crippen LogP contribution in [0.1, 0.15) is 15.9 Å². The number of hydrogen-bond acceptors (Lipinski definition) is 5. The van der Waals surface area contributed by atoms with Gasteiger partial charge >= 0.3 is 0 Å². The van der Waals surface area contributed by atoms with Crippen LogP contribution in [0.4, 0.5) is 0 Å². The highest BCUT2D eigenvalue weighted by Gasteiger charge is 2.14. The molecule has 0 bridgehead atoms. The predicted octanol–water partition coefficient (Wildman–Crippen LogP) is 1.78. The quantitative estimate of drug-likeness (QED) is 0.740. The summed E-state index contributed by atoms with van der Waals surface area (Å²) in [4.78, 5) is 15.8. The molecule has 0 aromatic carbocycles. The van der Waals surface area contributed by atoms with E-state index in [0.29, 0.717) is 16.9 Å². The lowest BCUT2D eigenvalue weighted by Gasteiger charge is -2.04. The molecule has 4 nitrogen and oxygen atoms in total. The van der Waals surface area contributed by atoms with E-state index in [1.165, 1.54) is 24.8 Å². The second kappa shape index (κ2) is 4.18. The van der Waals surface area contributed by atoms with Gasteiger partial charge in [-0.25, -0.2) is 4.37 Å². The summed E-state index contributed by atoms with van der Waals surface area (Å²) in [6.45, 7) is 0. The van der Waals surface area contributed by atoms with E-state index in [9.17, 15) is 4.79 Å². The fourth-order valence-electron chi connectivity index (χ4n) is 1.20. The second-order valence-corrected chi connectivity index (χ2v) is 3.48. The maximum Gasteiger partial charge on any atom is 0.199 e. The summed E-state index contributed by atoms with van der Waals surface area (Å²) >= 11 is 1.25. The molecule has 0 radical (unpaired) electrons. The van der Waals surface area contributed by atoms with Crippen LogP contribution in [-0.4, -0.2) is 22.3 Å². The number of aromatic nitrogens is 2. The van der Waals surface area contributed by atoms with Gasteiger partial charge in [-0.3, -0.25) is 9.78 Å². The molecule has 0 unspecified atom stereocenters. The minimum Gasteiger partial charge on any atom is -0.494 e. The average molecular weight is 220 g/mol. The summed E-state index contributed by atoms with van der Waals surface area (Å²) < 4.78 is 8.95. The highest BCUT2D eigenvalue weighted by atomic mass is 32.1. The third-order valence-corrected chi connectivity index (χ3v) is 2.53. The van der Waals surface area contributed by atoms with Crippen molar-refractivity contribution in [2.24, 2.45) is 0 Å². The average Bonchev–Trinajstić information content (AvgIpc) is 2.81. The predicted molar refractivity (Wildman–Crippen MR) is 56.3 cm³/mol. The number of ketones is 1. The van der Waals surface area contributed by atoms with Crippen LogP contribution in [0.2, 0.25) is 0 Å². The van der Waals surface area contributed by atoms with Gasteiger partial charge in [-0.1, -0.05) is 0 Å². The van der Waals surface area contributed by atoms with Crippen molar-refractivity contribution >= 4 is 17.3 Å². The first-order valence-electron chi connectivity index (χ1n) is 4.25. The summed E-state index contributed by atoms with van der Waals surface area (Å²) in [6.07, 6.45) is 4.63. The monoisotopic (exact) mass is 220 g/mol. The summed E-state index contributed by atoms with van der Waals surface area (Å²) in [5.41, 5.74) is 1.08. The summed E-state index contributed by atoms with van der Waals surface area (Å²) in [5, 5.41) is 1.71. The van der Waals surface area contributed by atoms with Gasteiger partial charge in [-0.15, -0.1) is 0 Å². The zero-order valence-electron chi connectivity index (χ0n) is 8.01. The number of carbonyl (C=O) groups excluding carboxylic acids is 1. The lowest BCUT2D eigenvalue weighted by atomic mass is 10.1. The van der Waals surface area contributed by atoms with Gasteiger partial charge in [-0.05, 0) is 17.6 Å². The molecule has 0 N–H and O–H groups in total. The Kier molecular flexibility index (Phi) is 2.73. The minimum absolute atomic E-state index is 0.0944. The molecule has 0 saturated carbocycles. The van der Waals surface area contributed by atoms with Crippen LogP contribution in [0.25, 0.3) is 0 Å². The first-order chi connectivity index (χ1) is 7.33. The van der Waals surface area contributed by atoms with Gasteiger partial charge in [0, 0.05) is 11.6 Å². The van der Waals surface area contributed by atoms with Crippen LogP contribution in [-0.2, 0) is 0 Å². The Balaban J connectivity index is 2.42. The summed E-state index contributed by atoms with van der Waals surface area (Å²) in [6, 6.07) is 1.64. The summed E-state index contributed by atoms with van der Waals surface area (Å²) in [7, 11) is 1.51. The van der Waals surface area contributed by atoms with Crippen molar-refractivity contribution in [3.8, 4) is 5.75 Å². The molecule has 0 amide bonds. The van der Waals surface area contributed by atoms with Crippen LogP contribution in [0.5, 0.6) is 5.75 Å². The number of nitrogens with zero attached hydrogens (tertiary/aromatic N) is 2. The smallest absolute Gasteiger partial charge is 0.199 e. The van der Waals surface area contributed by atoms with Crippen molar-refractivity contribution in [1.82, 2.24) is 9.36 Å². The third kappa shape index (κ3) is 1.87. The van der Waals surface area contributed by atoms with Crippen LogP contribution in [0, 0.1) is 0 Å². The van der Waals surface area contributed by atoms with E-state index < -0.39 is 0 Å². The molecule has 0 saturated heterocycles. The molecule has 5 heteroatoms. The van der Waals surface area contributed by atoms with Crippen molar-refractivity contribution in [3.05, 3.63) is 41.2 Å². The number of carbonyl (C=O) groups is 1. The largest absolute Gasteiger partial charge is 0.494 e. The minimum atomic E-state index is -0.0944. The lowest BCUT2D eigenvalue weighted by Crippen LogP contribution is -2.02. The Bertz CT molecular complexity index is 468. The molecule has 0 aliphatic heterocycles. The van der Waals surface area contributed by atoms with E-state index in [1.807, 2.05) is 0 Å². The fraction of sp³-hybridized carbons (Fsp3) is 0.100. The lowest BCUT2D eigenvalue weighted by molar-refractivity contribution is 0.103. The molecule has 2 aromatic heterocycles. The van der Waals surface area contributed by atoms with Crippen LogP contribution < -0.4 is 4.74 Å². The van der Waals surface area contributed by atoms with E-state index in [-0.39, 0.29) is 5.78 Å². The molecule has 15 heavy (non-hydrogen) atoms. The molecule has 0 aliphatic carbocycles. The SMILES string of the molecule is COc1cnccc1C(=O)c1cnsc1. The van der Waals surface area contributed by atoms with Gasteiger partial charge in [0.1, 0.15) is 5.75 Å². The molecule has 0 fully saturated rings. The number of methoxy groups -OCH3 is 1. The molecule has 2 aromatic rings. The highest BCUT2D eigenvalue weighted by molar-refractivity contribution is 7.03. The van der Waals surface area contributed by atoms with E-state index in [2.05, 4.69) is 9.36 Å². The van der Waals surface area contributed by atoms with Crippen molar-refractivity contribution in [3.63, 3.8) is 0 Å². The van der Waals surface area contributed by atoms with Crippen LogP contribution in [0.3, 0.4) is 0 Å². The first-order valence-corrected chi connectivity index (χ1v) is 5.08. The van der Waals surface area contributed by atoms with E-state index in [1.54, 1.807) is 23.8 Å². The molecule has 76 valence electrons. The Morgan fingerprint density at radius 2 is 2.33 bits per heavy atom. The topological polar surface area (TPSA) is 52.1 Å². The number of pyridine rings is 1. The first kappa shape index (κ1) is 9.79. The summed E-state index contributed by atoms with van der Waals surface area (Å²) in [5.74, 6) is 0.386. The molecular weight excluding hydrogens is 212 g/mol. The number of rotatable bonds is 3. The van der Waals surface area contributed by atoms with Gasteiger partial charge in [0.25, 0.3) is 0 Å². The van der Waals surface area contributed by atoms with Crippen LogP contribution >= 0.6 is 11.5 Å². The van der Waals surface area contributed by atoms with Crippen molar-refractivity contribution < 1.29 is 9.53 Å². The van der Waals surface area contributed by atoms with E-state index >= 15 is 0 Å². The zero-order chi connectivity index (χ0) is 10.7. The number of hydrogen-bond donors (Lipinski definition) is 0. The molecule has 0 spiro atoms. The van der Waals surface area contributed by atoms with Crippen molar-refractivity contribution in [2.45, 2.75) is 0 Å². The second-order valence-electron chi connectivity index (χ2n) is 2.82. The zero-order valence-corrected chi connectivity index (χ0v) is 8.82. The van der Waals surface area contributed by atoms with Gasteiger partial charge in [0.15, 0.2) is 5.78 Å². The maximum atomic E-state index is 11.9. The maximum absolute atomic E-state index is 11.9. The Hall–Kier alpha value is -1.75. The molecule has 0 atom stereocenters. The standard InChI is InChI=1S/C10H8N2O2S/c1-14-9-5-11-3-2-8(9)10(13)7-4-12-15-6-7/h2-6H,1H3. The Labute approximate surface area is 90.7 Å². The fourth-order valence-corrected chi connectivity index (χ4v) is 1.72. The van der Waals surface area contributed by atoms with Gasteiger partial charge < -0.3 is 4.74 Å². The Morgan fingerprint density at radius 1 is 1.47 bits per heavy atom. The van der Waals surface area contributed by atoms with E-state index in [0.717, 1.165) is 0 Å². The van der Waals surface area contributed by atoms with Crippen molar-refractivity contribution in [2.75, 3.05) is 7.11 Å². The normalized spacial score (nSPS) is 9.93.